The number of halogens is 2. The molecule has 0 atom stereocenters. The first-order valence-corrected chi connectivity index (χ1v) is 12.3. The van der Waals surface area contributed by atoms with E-state index >= 15 is 0 Å². The van der Waals surface area contributed by atoms with Crippen LogP contribution in [0.4, 0.5) is 0 Å². The summed E-state index contributed by atoms with van der Waals surface area (Å²) < 4.78 is 28.3. The maximum Gasteiger partial charge on any atom is 0.233 e. The number of nitrogens with zero attached hydrogens (tertiary/aromatic N) is 2. The summed E-state index contributed by atoms with van der Waals surface area (Å²) in [6.45, 7) is 4.03. The highest BCUT2D eigenvalue weighted by atomic mass is 35.5. The predicted octanol–water partition coefficient (Wildman–Crippen LogP) is 2.23. The van der Waals surface area contributed by atoms with E-state index in [1.807, 2.05) is 11.0 Å². The van der Waals surface area contributed by atoms with E-state index in [4.69, 9.17) is 27.9 Å². The molecular formula is C19H26Cl2N2O4S. The first kappa shape index (κ1) is 21.8. The molecule has 3 rings (SSSR count). The molecule has 2 aliphatic heterocycles. The summed E-state index contributed by atoms with van der Waals surface area (Å²) in [5.74, 6) is 0.213. The monoisotopic (exact) mass is 448 g/mol. The van der Waals surface area contributed by atoms with Gasteiger partial charge in [0.1, 0.15) is 9.84 Å². The van der Waals surface area contributed by atoms with Gasteiger partial charge >= 0.3 is 0 Å². The lowest BCUT2D eigenvalue weighted by Crippen LogP contribution is -2.56. The summed E-state index contributed by atoms with van der Waals surface area (Å²) in [6.07, 6.45) is 2.42. The van der Waals surface area contributed by atoms with E-state index < -0.39 is 15.3 Å². The largest absolute Gasteiger partial charge is 0.381 e. The lowest BCUT2D eigenvalue weighted by atomic mass is 9.72. The number of sulfone groups is 1. The van der Waals surface area contributed by atoms with Gasteiger partial charge in [-0.05, 0) is 30.5 Å². The molecule has 0 N–H and O–H groups in total. The van der Waals surface area contributed by atoms with E-state index in [0.717, 1.165) is 5.56 Å². The van der Waals surface area contributed by atoms with Crippen molar-refractivity contribution in [2.75, 3.05) is 57.9 Å². The van der Waals surface area contributed by atoms with Crippen LogP contribution in [-0.2, 0) is 24.8 Å². The van der Waals surface area contributed by atoms with Gasteiger partial charge in [0, 0.05) is 62.2 Å². The minimum absolute atomic E-state index is 0.0720. The van der Waals surface area contributed by atoms with Crippen LogP contribution in [0.3, 0.4) is 0 Å². The molecule has 0 saturated carbocycles. The Kier molecular flexibility index (Phi) is 6.92. The Bertz CT molecular complexity index is 817. The molecule has 2 fully saturated rings. The maximum absolute atomic E-state index is 13.6. The molecule has 1 aromatic carbocycles. The molecule has 0 unspecified atom stereocenters. The smallest absolute Gasteiger partial charge is 0.233 e. The van der Waals surface area contributed by atoms with Crippen molar-refractivity contribution in [2.45, 2.75) is 18.3 Å². The van der Waals surface area contributed by atoms with E-state index in [9.17, 15) is 13.2 Å². The second kappa shape index (κ2) is 8.88. The van der Waals surface area contributed by atoms with Crippen molar-refractivity contribution in [1.82, 2.24) is 9.80 Å². The normalized spacial score (nSPS) is 20.9. The number of carbonyl (C=O) groups excluding carboxylic acids is 1. The summed E-state index contributed by atoms with van der Waals surface area (Å²) >= 11 is 12.5. The molecule has 0 aromatic heterocycles. The molecule has 0 bridgehead atoms. The Morgan fingerprint density at radius 2 is 1.79 bits per heavy atom. The molecule has 1 aromatic rings. The topological polar surface area (TPSA) is 66.9 Å². The molecule has 6 nitrogen and oxygen atoms in total. The van der Waals surface area contributed by atoms with Crippen LogP contribution in [0.2, 0.25) is 10.0 Å². The molecule has 2 aliphatic rings. The zero-order chi connectivity index (χ0) is 20.4. The zero-order valence-corrected chi connectivity index (χ0v) is 18.3. The van der Waals surface area contributed by atoms with Gasteiger partial charge in [0.25, 0.3) is 0 Å². The minimum Gasteiger partial charge on any atom is -0.381 e. The fraction of sp³-hybridized carbons (Fsp3) is 0.632. The van der Waals surface area contributed by atoms with Crippen LogP contribution in [0.1, 0.15) is 18.4 Å². The zero-order valence-electron chi connectivity index (χ0n) is 16.0. The second-order valence-corrected chi connectivity index (χ2v) is 10.7. The lowest BCUT2D eigenvalue weighted by Gasteiger charge is -2.43. The van der Waals surface area contributed by atoms with Gasteiger partial charge in [0.05, 0.1) is 11.2 Å². The van der Waals surface area contributed by atoms with Crippen LogP contribution in [0.25, 0.3) is 0 Å². The van der Waals surface area contributed by atoms with E-state index in [1.54, 1.807) is 12.1 Å². The Labute approximate surface area is 176 Å². The van der Waals surface area contributed by atoms with Crippen molar-refractivity contribution in [3.63, 3.8) is 0 Å². The number of carbonyl (C=O) groups is 1. The first-order valence-electron chi connectivity index (χ1n) is 9.44. The van der Waals surface area contributed by atoms with Crippen molar-refractivity contribution in [3.05, 3.63) is 33.8 Å². The SMILES string of the molecule is CS(=O)(=O)CCN1CCN(C(=O)C2(c3ccc(Cl)cc3Cl)CCOCC2)CC1. The fourth-order valence-corrected chi connectivity index (χ4v) is 5.15. The van der Waals surface area contributed by atoms with Crippen LogP contribution in [0.15, 0.2) is 18.2 Å². The number of amides is 1. The third-order valence-corrected chi connectivity index (χ3v) is 7.11. The summed E-state index contributed by atoms with van der Waals surface area (Å²) in [5.41, 5.74) is 0.112. The van der Waals surface area contributed by atoms with E-state index in [1.165, 1.54) is 6.26 Å². The number of ether oxygens (including phenoxy) is 1. The molecule has 1 amide bonds. The van der Waals surface area contributed by atoms with Gasteiger partial charge < -0.3 is 9.64 Å². The molecule has 28 heavy (non-hydrogen) atoms. The number of benzene rings is 1. The minimum atomic E-state index is -2.99. The van der Waals surface area contributed by atoms with Gasteiger partial charge in [-0.2, -0.15) is 0 Å². The molecule has 2 saturated heterocycles. The summed E-state index contributed by atoms with van der Waals surface area (Å²) in [7, 11) is -2.99. The predicted molar refractivity (Wildman–Crippen MR) is 111 cm³/mol. The van der Waals surface area contributed by atoms with E-state index in [0.29, 0.717) is 68.8 Å². The molecule has 0 aliphatic carbocycles. The summed E-state index contributed by atoms with van der Waals surface area (Å²) in [4.78, 5) is 17.6. The molecular weight excluding hydrogens is 423 g/mol. The standard InChI is InChI=1S/C19H26Cl2N2O4S/c1-28(25,26)13-10-22-6-8-23(9-7-22)18(24)19(4-11-27-12-5-19)16-3-2-15(20)14-17(16)21/h2-3,14H,4-13H2,1H3. The molecule has 0 radical (unpaired) electrons. The van der Waals surface area contributed by atoms with Gasteiger partial charge in [-0.15, -0.1) is 0 Å². The first-order chi connectivity index (χ1) is 13.2. The Hall–Kier alpha value is -0.860. The van der Waals surface area contributed by atoms with Crippen molar-refractivity contribution in [3.8, 4) is 0 Å². The van der Waals surface area contributed by atoms with Crippen molar-refractivity contribution in [1.29, 1.82) is 0 Å². The number of hydrogen-bond donors (Lipinski definition) is 0. The molecule has 0 spiro atoms. The third-order valence-electron chi connectivity index (χ3n) is 5.64. The van der Waals surface area contributed by atoms with Crippen LogP contribution in [0, 0.1) is 0 Å². The van der Waals surface area contributed by atoms with E-state index in [2.05, 4.69) is 4.90 Å². The maximum atomic E-state index is 13.6. The van der Waals surface area contributed by atoms with Crippen molar-refractivity contribution in [2.24, 2.45) is 0 Å². The molecule has 156 valence electrons. The highest BCUT2D eigenvalue weighted by Gasteiger charge is 2.45. The van der Waals surface area contributed by atoms with Gasteiger partial charge in [0.15, 0.2) is 0 Å². The van der Waals surface area contributed by atoms with Gasteiger partial charge in [-0.1, -0.05) is 29.3 Å². The van der Waals surface area contributed by atoms with Crippen molar-refractivity contribution < 1.29 is 17.9 Å². The quantitative estimate of drug-likeness (QED) is 0.690. The van der Waals surface area contributed by atoms with Crippen LogP contribution in [0.5, 0.6) is 0 Å². The molecule has 2 heterocycles. The van der Waals surface area contributed by atoms with Crippen molar-refractivity contribution >= 4 is 38.9 Å². The average Bonchev–Trinajstić information content (AvgIpc) is 2.66. The van der Waals surface area contributed by atoms with Crippen LogP contribution >= 0.6 is 23.2 Å². The lowest BCUT2D eigenvalue weighted by molar-refractivity contribution is -0.143. The Morgan fingerprint density at radius 1 is 1.14 bits per heavy atom. The highest BCUT2D eigenvalue weighted by Crippen LogP contribution is 2.41. The van der Waals surface area contributed by atoms with Gasteiger partial charge in [-0.25, -0.2) is 8.42 Å². The summed E-state index contributed by atoms with van der Waals surface area (Å²) in [5, 5.41) is 1.05. The van der Waals surface area contributed by atoms with Crippen LogP contribution in [-0.4, -0.2) is 82.1 Å². The third kappa shape index (κ3) is 5.00. The van der Waals surface area contributed by atoms with Gasteiger partial charge in [0.2, 0.25) is 5.91 Å². The Morgan fingerprint density at radius 3 is 2.36 bits per heavy atom. The fourth-order valence-electron chi connectivity index (χ4n) is 3.97. The average molecular weight is 449 g/mol. The van der Waals surface area contributed by atoms with Crippen LogP contribution < -0.4 is 0 Å². The highest BCUT2D eigenvalue weighted by molar-refractivity contribution is 7.90. The van der Waals surface area contributed by atoms with E-state index in [-0.39, 0.29) is 11.7 Å². The number of piperazine rings is 1. The Balaban J connectivity index is 1.74. The molecule has 9 heteroatoms. The number of hydrogen-bond acceptors (Lipinski definition) is 5. The second-order valence-electron chi connectivity index (χ2n) is 7.58. The van der Waals surface area contributed by atoms with Gasteiger partial charge in [-0.3, -0.25) is 9.69 Å². The number of rotatable bonds is 5. The summed E-state index contributed by atoms with van der Waals surface area (Å²) in [6, 6.07) is 5.32.